The van der Waals surface area contributed by atoms with E-state index in [1.165, 1.54) is 18.7 Å². The number of thioether (sulfide) groups is 1. The molecule has 0 saturated heterocycles. The molecule has 7 N–H and O–H groups in total. The van der Waals surface area contributed by atoms with Crippen LogP contribution in [0.2, 0.25) is 0 Å². The number of halogens is 1. The van der Waals surface area contributed by atoms with Gasteiger partial charge in [-0.15, -0.1) is 0 Å². The smallest absolute Gasteiger partial charge is 0.330 e. The minimum absolute atomic E-state index is 0.413. The molecule has 0 aromatic carbocycles. The van der Waals surface area contributed by atoms with Crippen molar-refractivity contribution >= 4 is 42.6 Å². The summed E-state index contributed by atoms with van der Waals surface area (Å²) in [4.78, 5) is 39.5. The summed E-state index contributed by atoms with van der Waals surface area (Å²) in [7, 11) is -4.59. The number of hydrogen-bond acceptors (Lipinski definition) is 6. The number of amides is 1. The van der Waals surface area contributed by atoms with E-state index in [4.69, 9.17) is 32.9 Å². The largest absolute Gasteiger partial charge is 0.342 e. The SMILES string of the molecule is CSCC[C@@H](N)C(=O)N[C@@](C)(Cl)C(=O)CC(N)P(=O)(O)O. The van der Waals surface area contributed by atoms with E-state index in [1.54, 1.807) is 0 Å². The summed E-state index contributed by atoms with van der Waals surface area (Å²) < 4.78 is 10.9. The molecule has 11 heteroatoms. The van der Waals surface area contributed by atoms with Gasteiger partial charge in [-0.1, -0.05) is 11.6 Å². The summed E-state index contributed by atoms with van der Waals surface area (Å²) in [5, 5.41) is 2.26. The van der Waals surface area contributed by atoms with Crippen LogP contribution in [-0.4, -0.2) is 50.3 Å². The Hall–Kier alpha value is -0.150. The lowest BCUT2D eigenvalue weighted by atomic mass is 10.1. The first-order valence-electron chi connectivity index (χ1n) is 6.01. The van der Waals surface area contributed by atoms with Crippen molar-refractivity contribution < 1.29 is 23.9 Å². The second kappa shape index (κ2) is 8.47. The molecule has 0 bridgehead atoms. The minimum atomic E-state index is -4.59. The Balaban J connectivity index is 4.63. The summed E-state index contributed by atoms with van der Waals surface area (Å²) >= 11 is 7.42. The first kappa shape index (κ1) is 20.9. The first-order chi connectivity index (χ1) is 9.41. The van der Waals surface area contributed by atoms with E-state index in [9.17, 15) is 14.2 Å². The average molecular weight is 362 g/mol. The van der Waals surface area contributed by atoms with Gasteiger partial charge in [-0.25, -0.2) is 0 Å². The fraction of sp³-hybridized carbons (Fsp3) is 0.800. The molecule has 0 fully saturated rings. The first-order valence-corrected chi connectivity index (χ1v) is 9.46. The Morgan fingerprint density at radius 2 is 1.95 bits per heavy atom. The van der Waals surface area contributed by atoms with Crippen molar-refractivity contribution in [1.29, 1.82) is 0 Å². The maximum absolute atomic E-state index is 11.9. The second-order valence-electron chi connectivity index (χ2n) is 4.66. The molecule has 0 aliphatic heterocycles. The molecule has 1 amide bonds. The molecule has 0 spiro atoms. The Labute approximate surface area is 132 Å². The lowest BCUT2D eigenvalue weighted by Crippen LogP contribution is -2.54. The lowest BCUT2D eigenvalue weighted by Gasteiger charge is -2.25. The maximum atomic E-state index is 11.9. The second-order valence-corrected chi connectivity index (χ2v) is 8.25. The van der Waals surface area contributed by atoms with Crippen LogP contribution < -0.4 is 16.8 Å². The van der Waals surface area contributed by atoms with Gasteiger partial charge in [0.25, 0.3) is 0 Å². The fourth-order valence-corrected chi connectivity index (χ4v) is 2.33. The quantitative estimate of drug-likeness (QED) is 0.210. The van der Waals surface area contributed by atoms with E-state index < -0.39 is 42.5 Å². The van der Waals surface area contributed by atoms with Gasteiger partial charge in [-0.05, 0) is 25.4 Å². The van der Waals surface area contributed by atoms with E-state index in [1.807, 2.05) is 6.26 Å². The molecule has 1 unspecified atom stereocenters. The van der Waals surface area contributed by atoms with Crippen LogP contribution in [0.3, 0.4) is 0 Å². The van der Waals surface area contributed by atoms with Crippen LogP contribution >= 0.6 is 31.0 Å². The van der Waals surface area contributed by atoms with E-state index >= 15 is 0 Å². The molecule has 0 heterocycles. The van der Waals surface area contributed by atoms with Gasteiger partial charge < -0.3 is 26.6 Å². The average Bonchev–Trinajstić information content (AvgIpc) is 2.33. The number of carbonyl (C=O) groups is 2. The number of Topliss-reactive ketones (excluding diaryl/α,β-unsaturated/α-hetero) is 1. The third-order valence-electron chi connectivity index (χ3n) is 2.68. The van der Waals surface area contributed by atoms with Crippen molar-refractivity contribution in [3.8, 4) is 0 Å². The standard InChI is InChI=1S/C10H21ClN3O5PS/c1-10(11,7(15)5-8(13)20(17,18)19)14-9(16)6(12)3-4-21-2/h6,8H,3-5,12-13H2,1-2H3,(H,14,16)(H2,17,18,19)/t6-,8?,10-/m1/s1. The molecule has 0 rings (SSSR count). The Morgan fingerprint density at radius 1 is 1.43 bits per heavy atom. The van der Waals surface area contributed by atoms with E-state index in [0.717, 1.165) is 0 Å². The van der Waals surface area contributed by atoms with Gasteiger partial charge in [-0.3, -0.25) is 14.2 Å². The molecule has 0 radical (unpaired) electrons. The highest BCUT2D eigenvalue weighted by atomic mass is 35.5. The summed E-state index contributed by atoms with van der Waals surface area (Å²) in [6.07, 6.45) is 1.62. The Morgan fingerprint density at radius 3 is 2.38 bits per heavy atom. The van der Waals surface area contributed by atoms with Crippen LogP contribution in [0, 0.1) is 0 Å². The predicted octanol–water partition coefficient (Wildman–Crippen LogP) is -0.440. The van der Waals surface area contributed by atoms with Crippen LogP contribution in [0.5, 0.6) is 0 Å². The third kappa shape index (κ3) is 7.60. The van der Waals surface area contributed by atoms with Crippen LogP contribution in [0.4, 0.5) is 0 Å². The number of carbonyl (C=O) groups excluding carboxylic acids is 2. The molecule has 0 aromatic rings. The highest BCUT2D eigenvalue weighted by molar-refractivity contribution is 7.98. The number of hydrogen-bond donors (Lipinski definition) is 5. The topological polar surface area (TPSA) is 156 Å². The van der Waals surface area contributed by atoms with Gasteiger partial charge in [0.1, 0.15) is 5.78 Å². The monoisotopic (exact) mass is 361 g/mol. The van der Waals surface area contributed by atoms with Crippen LogP contribution in [-0.2, 0) is 14.2 Å². The van der Waals surface area contributed by atoms with E-state index in [2.05, 4.69) is 5.32 Å². The van der Waals surface area contributed by atoms with Gasteiger partial charge in [-0.2, -0.15) is 11.8 Å². The molecule has 0 aromatic heterocycles. The highest BCUT2D eigenvalue weighted by Crippen LogP contribution is 2.40. The van der Waals surface area contributed by atoms with Crippen LogP contribution in [0.15, 0.2) is 0 Å². The molecule has 124 valence electrons. The number of ketones is 1. The molecular formula is C10H21ClN3O5PS. The molecular weight excluding hydrogens is 341 g/mol. The normalized spacial score (nSPS) is 17.7. The molecule has 0 saturated carbocycles. The van der Waals surface area contributed by atoms with Gasteiger partial charge in [0.05, 0.1) is 6.04 Å². The molecule has 21 heavy (non-hydrogen) atoms. The number of nitrogens with one attached hydrogen (secondary N) is 1. The number of alkyl halides is 1. The highest BCUT2D eigenvalue weighted by Gasteiger charge is 2.37. The zero-order valence-electron chi connectivity index (χ0n) is 11.8. The van der Waals surface area contributed by atoms with Gasteiger partial charge in [0.2, 0.25) is 5.91 Å². The van der Waals surface area contributed by atoms with E-state index in [0.29, 0.717) is 12.2 Å². The van der Waals surface area contributed by atoms with Crippen LogP contribution in [0.25, 0.3) is 0 Å². The molecule has 0 aliphatic carbocycles. The summed E-state index contributed by atoms with van der Waals surface area (Å²) in [6, 6.07) is -0.821. The van der Waals surface area contributed by atoms with Crippen molar-refractivity contribution in [1.82, 2.24) is 5.32 Å². The predicted molar refractivity (Wildman–Crippen MR) is 83.0 cm³/mol. The fourth-order valence-electron chi connectivity index (χ4n) is 1.27. The van der Waals surface area contributed by atoms with Crippen molar-refractivity contribution in [3.63, 3.8) is 0 Å². The van der Waals surface area contributed by atoms with Gasteiger partial charge >= 0.3 is 7.60 Å². The summed E-state index contributed by atoms with van der Waals surface area (Å²) in [5.41, 5.74) is 10.9. The third-order valence-corrected chi connectivity index (χ3v) is 4.67. The van der Waals surface area contributed by atoms with Crippen molar-refractivity contribution in [3.05, 3.63) is 0 Å². The van der Waals surface area contributed by atoms with Gasteiger partial charge in [0, 0.05) is 6.42 Å². The number of rotatable bonds is 9. The Bertz CT molecular complexity index is 431. The zero-order valence-corrected chi connectivity index (χ0v) is 14.3. The van der Waals surface area contributed by atoms with Crippen LogP contribution in [0.1, 0.15) is 19.8 Å². The zero-order chi connectivity index (χ0) is 16.8. The van der Waals surface area contributed by atoms with E-state index in [-0.39, 0.29) is 0 Å². The van der Waals surface area contributed by atoms with Crippen molar-refractivity contribution in [2.24, 2.45) is 11.5 Å². The Kier molecular flexibility index (Phi) is 8.41. The van der Waals surface area contributed by atoms with Crippen molar-refractivity contribution in [2.75, 3.05) is 12.0 Å². The molecule has 8 nitrogen and oxygen atoms in total. The lowest BCUT2D eigenvalue weighted by molar-refractivity contribution is -0.129. The summed E-state index contributed by atoms with van der Waals surface area (Å²) in [5.74, 6) is -2.40. The van der Waals surface area contributed by atoms with Gasteiger partial charge in [0.15, 0.2) is 10.8 Å². The van der Waals surface area contributed by atoms with Crippen molar-refractivity contribution in [2.45, 2.75) is 36.6 Å². The summed E-state index contributed by atoms with van der Waals surface area (Å²) in [6.45, 7) is 1.21. The molecule has 0 aliphatic rings. The maximum Gasteiger partial charge on any atom is 0.342 e. The molecule has 3 atom stereocenters. The minimum Gasteiger partial charge on any atom is -0.330 e. The number of nitrogens with two attached hydrogens (primary N) is 2.